The van der Waals surface area contributed by atoms with E-state index in [9.17, 15) is 14.0 Å². The Morgan fingerprint density at radius 2 is 1.64 bits per heavy atom. The number of halogens is 1. The van der Waals surface area contributed by atoms with Crippen molar-refractivity contribution in [2.24, 2.45) is 5.10 Å². The lowest BCUT2D eigenvalue weighted by Gasteiger charge is -2.29. The van der Waals surface area contributed by atoms with E-state index < -0.39 is 28.9 Å². The molecule has 4 aromatic rings. The molecule has 6 rings (SSSR count). The second kappa shape index (κ2) is 6.87. The van der Waals surface area contributed by atoms with Crippen LogP contribution in [0.1, 0.15) is 24.0 Å². The van der Waals surface area contributed by atoms with Gasteiger partial charge in [-0.3, -0.25) is 4.79 Å². The third kappa shape index (κ3) is 2.62. The highest BCUT2D eigenvalue weighted by Gasteiger charge is 2.63. The Kier molecular flexibility index (Phi) is 4.04. The number of hydrogen-bond acceptors (Lipinski definition) is 5. The van der Waals surface area contributed by atoms with Crippen molar-refractivity contribution in [3.63, 3.8) is 0 Å². The van der Waals surface area contributed by atoms with Gasteiger partial charge in [-0.1, -0.05) is 42.5 Å². The molecule has 3 heterocycles. The highest BCUT2D eigenvalue weighted by atomic mass is 19.1. The van der Waals surface area contributed by atoms with Gasteiger partial charge in [-0.05, 0) is 48.9 Å². The number of rotatable bonds is 2. The molecule has 162 valence electrons. The highest BCUT2D eigenvalue weighted by molar-refractivity contribution is 6.23. The van der Waals surface area contributed by atoms with Gasteiger partial charge in [0.2, 0.25) is 5.60 Å². The zero-order chi connectivity index (χ0) is 22.7. The number of anilines is 1. The summed E-state index contributed by atoms with van der Waals surface area (Å²) in [5.41, 5.74) is -0.105. The van der Waals surface area contributed by atoms with E-state index in [-0.39, 0.29) is 11.3 Å². The summed E-state index contributed by atoms with van der Waals surface area (Å²) in [6, 6.07) is 21.7. The fourth-order valence-electron chi connectivity index (χ4n) is 4.75. The molecule has 0 fully saturated rings. The number of carbonyl (C=O) groups is 1. The minimum Gasteiger partial charge on any atom is -0.469 e. The van der Waals surface area contributed by atoms with Crippen LogP contribution in [-0.2, 0) is 4.79 Å². The third-order valence-corrected chi connectivity index (χ3v) is 6.26. The molecule has 2 atom stereocenters. The van der Waals surface area contributed by atoms with Crippen LogP contribution in [0.2, 0.25) is 0 Å². The monoisotopic (exact) mass is 440 g/mol. The first-order chi connectivity index (χ1) is 16.0. The molecular weight excluding hydrogens is 423 g/mol. The molecule has 6 nitrogen and oxygen atoms in total. The Morgan fingerprint density at radius 3 is 2.39 bits per heavy atom. The maximum absolute atomic E-state index is 14.0. The van der Waals surface area contributed by atoms with E-state index in [2.05, 4.69) is 5.10 Å². The predicted octanol–water partition coefficient (Wildman–Crippen LogP) is 4.62. The van der Waals surface area contributed by atoms with Crippen molar-refractivity contribution in [3.8, 4) is 5.75 Å². The molecule has 0 unspecified atom stereocenters. The molecule has 1 spiro atoms. The molecular formula is C26H17FN2O4. The zero-order valence-corrected chi connectivity index (χ0v) is 17.5. The molecule has 2 aliphatic rings. The van der Waals surface area contributed by atoms with Gasteiger partial charge in [-0.25, -0.2) is 9.18 Å². The quantitative estimate of drug-likeness (QED) is 0.427. The smallest absolute Gasteiger partial charge is 0.344 e. The summed E-state index contributed by atoms with van der Waals surface area (Å²) >= 11 is 0. The van der Waals surface area contributed by atoms with Gasteiger partial charge < -0.3 is 9.15 Å². The molecule has 0 aliphatic carbocycles. The Labute approximate surface area is 187 Å². The van der Waals surface area contributed by atoms with E-state index >= 15 is 0 Å². The average Bonchev–Trinajstić information content (AvgIpc) is 3.32. The van der Waals surface area contributed by atoms with Crippen molar-refractivity contribution in [2.45, 2.75) is 18.4 Å². The Balaban J connectivity index is 1.63. The number of hydrazone groups is 1. The van der Waals surface area contributed by atoms with Crippen LogP contribution in [0.3, 0.4) is 0 Å². The maximum atomic E-state index is 14.0. The SMILES string of the molecule is CC1=NN(c2ccccc2)C(=O)[C@@]12Oc1c(c(=O)oc3ccccc13)[C@@H]2c1ccc(F)cc1. The van der Waals surface area contributed by atoms with Gasteiger partial charge in [-0.2, -0.15) is 10.1 Å². The number of para-hydroxylation sites is 2. The molecule has 0 saturated heterocycles. The van der Waals surface area contributed by atoms with Crippen molar-refractivity contribution in [3.05, 3.63) is 106 Å². The molecule has 0 bridgehead atoms. The highest BCUT2D eigenvalue weighted by Crippen LogP contribution is 2.52. The number of benzene rings is 3. The molecule has 0 radical (unpaired) electrons. The van der Waals surface area contributed by atoms with Crippen LogP contribution in [0.25, 0.3) is 11.0 Å². The largest absolute Gasteiger partial charge is 0.469 e. The van der Waals surface area contributed by atoms with Gasteiger partial charge in [0.1, 0.15) is 17.1 Å². The van der Waals surface area contributed by atoms with Crippen LogP contribution in [0.4, 0.5) is 10.1 Å². The van der Waals surface area contributed by atoms with E-state index in [4.69, 9.17) is 9.15 Å². The van der Waals surface area contributed by atoms with Gasteiger partial charge in [0, 0.05) is 0 Å². The van der Waals surface area contributed by atoms with Crippen molar-refractivity contribution >= 4 is 28.3 Å². The van der Waals surface area contributed by atoms with Gasteiger partial charge in [0.25, 0.3) is 5.91 Å². The average molecular weight is 440 g/mol. The first kappa shape index (κ1) is 19.4. The van der Waals surface area contributed by atoms with Crippen LogP contribution in [0, 0.1) is 5.82 Å². The summed E-state index contributed by atoms with van der Waals surface area (Å²) in [7, 11) is 0. The van der Waals surface area contributed by atoms with Crippen molar-refractivity contribution in [1.82, 2.24) is 0 Å². The van der Waals surface area contributed by atoms with Crippen LogP contribution in [0.15, 0.2) is 93.2 Å². The Hall–Kier alpha value is -4.26. The van der Waals surface area contributed by atoms with Crippen LogP contribution < -0.4 is 15.4 Å². The summed E-state index contributed by atoms with van der Waals surface area (Å²) < 4.78 is 25.8. The summed E-state index contributed by atoms with van der Waals surface area (Å²) in [5.74, 6) is -1.43. The van der Waals surface area contributed by atoms with Gasteiger partial charge in [0.05, 0.1) is 28.3 Å². The lowest BCUT2D eigenvalue weighted by atomic mass is 9.76. The zero-order valence-electron chi connectivity index (χ0n) is 17.5. The number of fused-ring (bicyclic) bond motifs is 3. The first-order valence-corrected chi connectivity index (χ1v) is 10.5. The molecule has 7 heteroatoms. The molecule has 1 amide bonds. The minimum atomic E-state index is -1.60. The van der Waals surface area contributed by atoms with Crippen molar-refractivity contribution in [1.29, 1.82) is 0 Å². The number of hydrogen-bond donors (Lipinski definition) is 0. The number of amides is 1. The van der Waals surface area contributed by atoms with Crippen LogP contribution >= 0.6 is 0 Å². The third-order valence-electron chi connectivity index (χ3n) is 6.26. The molecule has 33 heavy (non-hydrogen) atoms. The molecule has 3 aromatic carbocycles. The second-order valence-corrected chi connectivity index (χ2v) is 8.09. The molecule has 2 aliphatic heterocycles. The summed E-state index contributed by atoms with van der Waals surface area (Å²) in [6.45, 7) is 1.70. The molecule has 0 saturated carbocycles. The molecule has 1 aromatic heterocycles. The summed E-state index contributed by atoms with van der Waals surface area (Å²) in [5, 5.41) is 6.40. The molecule has 0 N–H and O–H groups in total. The van der Waals surface area contributed by atoms with Crippen LogP contribution in [0.5, 0.6) is 5.75 Å². The lowest BCUT2D eigenvalue weighted by Crippen LogP contribution is -2.53. The summed E-state index contributed by atoms with van der Waals surface area (Å²) in [6.07, 6.45) is 0. The standard InChI is InChI=1S/C26H17FN2O4/c1-15-26(25(31)29(28-15)18-7-3-2-4-8-18)22(16-11-13-17(27)14-12-16)21-23(33-26)19-9-5-6-10-20(19)32-24(21)30/h2-14,22H,1H3/t22-,26+/m0/s1. The van der Waals surface area contributed by atoms with E-state index in [0.29, 0.717) is 27.9 Å². The van der Waals surface area contributed by atoms with E-state index in [1.807, 2.05) is 18.2 Å². The van der Waals surface area contributed by atoms with Gasteiger partial charge in [-0.15, -0.1) is 0 Å². The minimum absolute atomic E-state index is 0.220. The second-order valence-electron chi connectivity index (χ2n) is 8.09. The topological polar surface area (TPSA) is 72.1 Å². The van der Waals surface area contributed by atoms with Gasteiger partial charge in [0.15, 0.2) is 0 Å². The number of ether oxygens (including phenoxy) is 1. The lowest BCUT2D eigenvalue weighted by molar-refractivity contribution is -0.127. The fourth-order valence-corrected chi connectivity index (χ4v) is 4.75. The van der Waals surface area contributed by atoms with E-state index in [1.165, 1.54) is 17.1 Å². The predicted molar refractivity (Wildman–Crippen MR) is 121 cm³/mol. The van der Waals surface area contributed by atoms with Gasteiger partial charge >= 0.3 is 5.63 Å². The summed E-state index contributed by atoms with van der Waals surface area (Å²) in [4.78, 5) is 27.2. The van der Waals surface area contributed by atoms with Crippen molar-refractivity contribution < 1.29 is 18.3 Å². The first-order valence-electron chi connectivity index (χ1n) is 10.5. The van der Waals surface area contributed by atoms with E-state index in [1.54, 1.807) is 55.5 Å². The Morgan fingerprint density at radius 1 is 0.939 bits per heavy atom. The fraction of sp³-hybridized carbons (Fsp3) is 0.115. The maximum Gasteiger partial charge on any atom is 0.344 e. The van der Waals surface area contributed by atoms with E-state index in [0.717, 1.165) is 0 Å². The van der Waals surface area contributed by atoms with Crippen molar-refractivity contribution in [2.75, 3.05) is 5.01 Å². The number of nitrogens with zero attached hydrogens (tertiary/aromatic N) is 2. The Bertz CT molecular complexity index is 1510. The number of carbonyl (C=O) groups excluding carboxylic acids is 1. The normalized spacial score (nSPS) is 21.4. The van der Waals surface area contributed by atoms with Crippen LogP contribution in [-0.4, -0.2) is 17.2 Å².